The van der Waals surface area contributed by atoms with Crippen molar-refractivity contribution in [1.29, 1.82) is 0 Å². The predicted molar refractivity (Wildman–Crippen MR) is 103 cm³/mol. The van der Waals surface area contributed by atoms with Gasteiger partial charge in [0.1, 0.15) is 0 Å². The van der Waals surface area contributed by atoms with Crippen molar-refractivity contribution in [3.63, 3.8) is 0 Å². The van der Waals surface area contributed by atoms with Gasteiger partial charge in [-0.15, -0.1) is 0 Å². The van der Waals surface area contributed by atoms with Crippen LogP contribution in [0.1, 0.15) is 26.7 Å². The minimum absolute atomic E-state index is 0.0646. The Hall–Kier alpha value is -2.21. The summed E-state index contributed by atoms with van der Waals surface area (Å²) in [5.41, 5.74) is 1.11. The average Bonchev–Trinajstić information content (AvgIpc) is 2.74. The molecule has 0 radical (unpaired) electrons. The molecule has 1 N–H and O–H groups in total. The van der Waals surface area contributed by atoms with Gasteiger partial charge in [0.05, 0.1) is 23.4 Å². The highest BCUT2D eigenvalue weighted by Gasteiger charge is 2.41. The molecule has 3 rings (SSSR count). The van der Waals surface area contributed by atoms with Crippen LogP contribution in [0.2, 0.25) is 0 Å². The van der Waals surface area contributed by atoms with E-state index in [0.717, 1.165) is 18.5 Å². The van der Waals surface area contributed by atoms with E-state index in [1.165, 1.54) is 13.2 Å². The average molecular weight is 375 g/mol. The smallest absolute Gasteiger partial charge is 0.181 e. The number of hydrogen-bond donors (Lipinski definition) is 1. The number of rotatable bonds is 4. The zero-order chi connectivity index (χ0) is 18.9. The Balaban J connectivity index is 2.31. The van der Waals surface area contributed by atoms with Gasteiger partial charge in [-0.25, -0.2) is 8.42 Å². The second kappa shape index (κ2) is 6.83. The van der Waals surface area contributed by atoms with Crippen molar-refractivity contribution in [3.8, 4) is 11.5 Å². The topological polar surface area (TPSA) is 66.8 Å². The largest absolute Gasteiger partial charge is 0.504 e. The molecule has 0 unspecified atom stereocenters. The lowest BCUT2D eigenvalue weighted by atomic mass is 9.83. The van der Waals surface area contributed by atoms with Crippen LogP contribution in [0.4, 0.5) is 11.4 Å². The van der Waals surface area contributed by atoms with Crippen LogP contribution >= 0.6 is 0 Å². The number of para-hydroxylation sites is 1. The Labute approximate surface area is 155 Å². The number of methoxy groups -OCH3 is 1. The Morgan fingerprint density at radius 1 is 1.15 bits per heavy atom. The van der Waals surface area contributed by atoms with E-state index in [1.54, 1.807) is 6.07 Å². The quantitative estimate of drug-likeness (QED) is 0.870. The zero-order valence-corrected chi connectivity index (χ0v) is 16.2. The fraction of sp³-hybridized carbons (Fsp3) is 0.400. The molecule has 1 aliphatic heterocycles. The minimum Gasteiger partial charge on any atom is -0.504 e. The maximum atomic E-state index is 13.2. The van der Waals surface area contributed by atoms with Crippen molar-refractivity contribution in [1.82, 2.24) is 0 Å². The van der Waals surface area contributed by atoms with E-state index in [2.05, 4.69) is 0 Å². The molecule has 1 heterocycles. The summed E-state index contributed by atoms with van der Waals surface area (Å²) in [4.78, 5) is 2.19. The summed E-state index contributed by atoms with van der Waals surface area (Å²) >= 11 is 0. The highest BCUT2D eigenvalue weighted by atomic mass is 32.2. The second-order valence-corrected chi connectivity index (χ2v) is 8.84. The molecule has 0 saturated carbocycles. The van der Waals surface area contributed by atoms with Gasteiger partial charge < -0.3 is 14.7 Å². The van der Waals surface area contributed by atoms with Crippen molar-refractivity contribution < 1.29 is 18.3 Å². The van der Waals surface area contributed by atoms with Crippen molar-refractivity contribution in [2.45, 2.75) is 31.6 Å². The van der Waals surface area contributed by atoms with Crippen LogP contribution in [0.3, 0.4) is 0 Å². The third-order valence-electron chi connectivity index (χ3n) is 5.44. The molecule has 0 atom stereocenters. The summed E-state index contributed by atoms with van der Waals surface area (Å²) in [5.74, 6) is 0.165. The molecule has 1 aliphatic rings. The number of phenols is 1. The maximum absolute atomic E-state index is 13.2. The molecule has 0 aromatic heterocycles. The molecule has 0 spiro atoms. The minimum atomic E-state index is -3.56. The van der Waals surface area contributed by atoms with Gasteiger partial charge in [0, 0.05) is 29.8 Å². The van der Waals surface area contributed by atoms with Crippen LogP contribution < -0.4 is 9.64 Å². The van der Waals surface area contributed by atoms with Gasteiger partial charge in [0.25, 0.3) is 0 Å². The van der Waals surface area contributed by atoms with Crippen LogP contribution in [-0.2, 0) is 9.84 Å². The molecule has 0 bridgehead atoms. The summed E-state index contributed by atoms with van der Waals surface area (Å²) in [6.45, 7) is 4.66. The lowest BCUT2D eigenvalue weighted by molar-refractivity contribution is 0.313. The van der Waals surface area contributed by atoms with Gasteiger partial charge in [-0.3, -0.25) is 0 Å². The molecule has 2 aromatic carbocycles. The number of sulfone groups is 1. The molecule has 6 heteroatoms. The van der Waals surface area contributed by atoms with Crippen molar-refractivity contribution in [2.24, 2.45) is 5.41 Å². The predicted octanol–water partition coefficient (Wildman–Crippen LogP) is 4.13. The van der Waals surface area contributed by atoms with E-state index < -0.39 is 9.84 Å². The van der Waals surface area contributed by atoms with Crippen molar-refractivity contribution >= 4 is 21.2 Å². The highest BCUT2D eigenvalue weighted by molar-refractivity contribution is 7.91. The van der Waals surface area contributed by atoms with Crippen LogP contribution in [0.5, 0.6) is 11.5 Å². The number of aromatic hydroxyl groups is 1. The summed E-state index contributed by atoms with van der Waals surface area (Å²) < 4.78 is 31.6. The molecule has 0 saturated heterocycles. The SMILES string of the molecule is CCC1(CC)CN(c2ccccc2)c2cc(OC)c(O)cc2S(=O)(=O)C1. The van der Waals surface area contributed by atoms with Gasteiger partial charge in [0.2, 0.25) is 0 Å². The standard InChI is InChI=1S/C20H25NO4S/c1-4-20(5-2)13-21(15-9-7-6-8-10-15)16-11-18(25-3)17(22)12-19(16)26(23,24)14-20/h6-12,22H,4-5,13-14H2,1-3H3. The number of nitrogens with zero attached hydrogens (tertiary/aromatic N) is 1. The van der Waals surface area contributed by atoms with E-state index in [4.69, 9.17) is 4.74 Å². The summed E-state index contributed by atoms with van der Waals surface area (Å²) in [6.07, 6.45) is 1.51. The Morgan fingerprint density at radius 3 is 2.38 bits per heavy atom. The number of fused-ring (bicyclic) bond motifs is 1. The van der Waals surface area contributed by atoms with Gasteiger partial charge in [-0.2, -0.15) is 0 Å². The van der Waals surface area contributed by atoms with Gasteiger partial charge in [-0.05, 0) is 25.0 Å². The first-order valence-corrected chi connectivity index (χ1v) is 10.5. The fourth-order valence-corrected chi connectivity index (χ4v) is 5.87. The van der Waals surface area contributed by atoms with Gasteiger partial charge in [-0.1, -0.05) is 32.0 Å². The lowest BCUT2D eigenvalue weighted by Crippen LogP contribution is -2.37. The van der Waals surface area contributed by atoms with E-state index >= 15 is 0 Å². The van der Waals surface area contributed by atoms with E-state index in [-0.39, 0.29) is 27.6 Å². The van der Waals surface area contributed by atoms with Crippen LogP contribution in [0, 0.1) is 5.41 Å². The fourth-order valence-electron chi connectivity index (χ4n) is 3.63. The third-order valence-corrected chi connectivity index (χ3v) is 7.43. The lowest BCUT2D eigenvalue weighted by Gasteiger charge is -2.35. The van der Waals surface area contributed by atoms with Crippen molar-refractivity contribution in [2.75, 3.05) is 24.3 Å². The molecule has 0 aliphatic carbocycles. The van der Waals surface area contributed by atoms with Crippen LogP contribution in [0.25, 0.3) is 0 Å². The Morgan fingerprint density at radius 2 is 1.81 bits per heavy atom. The molecule has 0 fully saturated rings. The number of ether oxygens (including phenoxy) is 1. The molecule has 0 amide bonds. The first-order valence-electron chi connectivity index (χ1n) is 8.82. The van der Waals surface area contributed by atoms with Gasteiger partial charge >= 0.3 is 0 Å². The van der Waals surface area contributed by atoms with E-state index in [9.17, 15) is 13.5 Å². The Kier molecular flexibility index (Phi) is 4.88. The maximum Gasteiger partial charge on any atom is 0.181 e. The summed E-state index contributed by atoms with van der Waals surface area (Å²) in [6, 6.07) is 12.7. The molecule has 26 heavy (non-hydrogen) atoms. The molecule has 2 aromatic rings. The number of anilines is 2. The normalized spacial score (nSPS) is 18.0. The number of benzene rings is 2. The highest BCUT2D eigenvalue weighted by Crippen LogP contribution is 2.46. The van der Waals surface area contributed by atoms with Crippen molar-refractivity contribution in [3.05, 3.63) is 42.5 Å². The monoisotopic (exact) mass is 375 g/mol. The second-order valence-electron chi connectivity index (χ2n) is 6.88. The molecular weight excluding hydrogens is 350 g/mol. The Bertz CT molecular complexity index is 890. The number of phenolic OH excluding ortho intramolecular Hbond substituents is 1. The summed E-state index contributed by atoms with van der Waals surface area (Å²) in [7, 11) is -2.10. The molecule has 5 nitrogen and oxygen atoms in total. The summed E-state index contributed by atoms with van der Waals surface area (Å²) in [5, 5.41) is 10.2. The zero-order valence-electron chi connectivity index (χ0n) is 15.4. The van der Waals surface area contributed by atoms with Crippen LogP contribution in [0.15, 0.2) is 47.4 Å². The first-order chi connectivity index (χ1) is 12.4. The van der Waals surface area contributed by atoms with E-state index in [1.807, 2.05) is 49.1 Å². The first kappa shape index (κ1) is 18.6. The number of hydrogen-bond acceptors (Lipinski definition) is 5. The third kappa shape index (κ3) is 3.14. The molecular formula is C20H25NO4S. The van der Waals surface area contributed by atoms with Gasteiger partial charge in [0.15, 0.2) is 21.3 Å². The van der Waals surface area contributed by atoms with Crippen LogP contribution in [-0.4, -0.2) is 32.9 Å². The molecule has 140 valence electrons. The van der Waals surface area contributed by atoms with E-state index in [0.29, 0.717) is 12.2 Å².